The van der Waals surface area contributed by atoms with E-state index in [0.717, 1.165) is 36.6 Å². The van der Waals surface area contributed by atoms with E-state index in [0.29, 0.717) is 0 Å². The molecule has 0 amide bonds. The van der Waals surface area contributed by atoms with Crippen LogP contribution >= 0.6 is 0 Å². The molecule has 3 nitrogen and oxygen atoms in total. The molecule has 0 unspecified atom stereocenters. The third kappa shape index (κ3) is 3.28. The van der Waals surface area contributed by atoms with E-state index in [4.69, 9.17) is 9.15 Å². The molecule has 0 aliphatic carbocycles. The van der Waals surface area contributed by atoms with Gasteiger partial charge in [0.2, 0.25) is 0 Å². The predicted octanol–water partition coefficient (Wildman–Crippen LogP) is 3.68. The van der Waals surface area contributed by atoms with Gasteiger partial charge in [0.25, 0.3) is 0 Å². The average molecular weight is 231 g/mol. The zero-order valence-electron chi connectivity index (χ0n) is 9.98. The Morgan fingerprint density at radius 3 is 2.88 bits per heavy atom. The zero-order chi connectivity index (χ0) is 11.9. The molecule has 2 rings (SSSR count). The van der Waals surface area contributed by atoms with Crippen molar-refractivity contribution in [1.29, 1.82) is 0 Å². The van der Waals surface area contributed by atoms with Gasteiger partial charge in [0.1, 0.15) is 5.75 Å². The van der Waals surface area contributed by atoms with Crippen LogP contribution in [0.4, 0.5) is 5.69 Å². The van der Waals surface area contributed by atoms with E-state index in [2.05, 4.69) is 12.2 Å². The summed E-state index contributed by atoms with van der Waals surface area (Å²) < 4.78 is 10.7. The Morgan fingerprint density at radius 1 is 1.24 bits per heavy atom. The van der Waals surface area contributed by atoms with E-state index in [-0.39, 0.29) is 0 Å². The number of hydrogen-bond acceptors (Lipinski definition) is 3. The van der Waals surface area contributed by atoms with Crippen molar-refractivity contribution in [3.63, 3.8) is 0 Å². The van der Waals surface area contributed by atoms with E-state index in [1.165, 1.54) is 0 Å². The summed E-state index contributed by atoms with van der Waals surface area (Å²) >= 11 is 0. The second kappa shape index (κ2) is 5.99. The van der Waals surface area contributed by atoms with Crippen LogP contribution in [0, 0.1) is 0 Å². The highest BCUT2D eigenvalue weighted by Gasteiger charge is 2.02. The number of hydrogen-bond donors (Lipinski definition) is 1. The fourth-order valence-corrected chi connectivity index (χ4v) is 1.54. The summed E-state index contributed by atoms with van der Waals surface area (Å²) in [6.07, 6.45) is 4.43. The smallest absolute Gasteiger partial charge is 0.142 e. The SMILES string of the molecule is CCCOc1ccccc1NCc1ccoc1. The van der Waals surface area contributed by atoms with Gasteiger partial charge in [0.05, 0.1) is 24.8 Å². The summed E-state index contributed by atoms with van der Waals surface area (Å²) in [6, 6.07) is 9.92. The Morgan fingerprint density at radius 2 is 2.12 bits per heavy atom. The van der Waals surface area contributed by atoms with Gasteiger partial charge >= 0.3 is 0 Å². The molecule has 1 aromatic heterocycles. The lowest BCUT2D eigenvalue weighted by Crippen LogP contribution is -2.02. The van der Waals surface area contributed by atoms with E-state index in [9.17, 15) is 0 Å². The fraction of sp³-hybridized carbons (Fsp3) is 0.286. The van der Waals surface area contributed by atoms with Crippen LogP contribution in [0.1, 0.15) is 18.9 Å². The number of anilines is 1. The molecular formula is C14H17NO2. The molecule has 0 aliphatic heterocycles. The largest absolute Gasteiger partial charge is 0.491 e. The van der Waals surface area contributed by atoms with Crippen molar-refractivity contribution in [2.45, 2.75) is 19.9 Å². The van der Waals surface area contributed by atoms with Crippen LogP contribution < -0.4 is 10.1 Å². The van der Waals surface area contributed by atoms with Crippen molar-refractivity contribution in [3.8, 4) is 5.75 Å². The van der Waals surface area contributed by atoms with E-state index < -0.39 is 0 Å². The molecule has 0 bridgehead atoms. The molecule has 1 aromatic carbocycles. The van der Waals surface area contributed by atoms with Crippen LogP contribution in [0.5, 0.6) is 5.75 Å². The molecule has 0 fully saturated rings. The highest BCUT2D eigenvalue weighted by Crippen LogP contribution is 2.24. The predicted molar refractivity (Wildman–Crippen MR) is 68.3 cm³/mol. The Kier molecular flexibility index (Phi) is 4.08. The lowest BCUT2D eigenvalue weighted by molar-refractivity contribution is 0.319. The molecule has 3 heteroatoms. The third-order valence-corrected chi connectivity index (χ3v) is 2.41. The normalized spacial score (nSPS) is 10.2. The first-order chi connectivity index (χ1) is 8.40. The lowest BCUT2D eigenvalue weighted by Gasteiger charge is -2.11. The van der Waals surface area contributed by atoms with Crippen LogP contribution in [0.25, 0.3) is 0 Å². The van der Waals surface area contributed by atoms with Crippen LogP contribution in [0.3, 0.4) is 0 Å². The first-order valence-corrected chi connectivity index (χ1v) is 5.87. The van der Waals surface area contributed by atoms with Crippen LogP contribution in [-0.4, -0.2) is 6.61 Å². The maximum Gasteiger partial charge on any atom is 0.142 e. The van der Waals surface area contributed by atoms with Crippen molar-refractivity contribution in [1.82, 2.24) is 0 Å². The zero-order valence-corrected chi connectivity index (χ0v) is 9.98. The van der Waals surface area contributed by atoms with Gasteiger partial charge in [-0.2, -0.15) is 0 Å². The minimum absolute atomic E-state index is 0.739. The van der Waals surface area contributed by atoms with Crippen LogP contribution in [-0.2, 0) is 6.54 Å². The third-order valence-electron chi connectivity index (χ3n) is 2.41. The summed E-state index contributed by atoms with van der Waals surface area (Å²) in [5, 5.41) is 3.34. The topological polar surface area (TPSA) is 34.4 Å². The summed E-state index contributed by atoms with van der Waals surface area (Å²) in [5.41, 5.74) is 2.14. The van der Waals surface area contributed by atoms with Gasteiger partial charge in [-0.3, -0.25) is 0 Å². The highest BCUT2D eigenvalue weighted by atomic mass is 16.5. The standard InChI is InChI=1S/C14H17NO2/c1-2-8-17-14-6-4-3-5-13(14)15-10-12-7-9-16-11-12/h3-7,9,11,15H,2,8,10H2,1H3. The maximum atomic E-state index is 5.67. The molecule has 1 N–H and O–H groups in total. The molecule has 1 heterocycles. The lowest BCUT2D eigenvalue weighted by atomic mass is 10.2. The van der Waals surface area contributed by atoms with E-state index in [1.54, 1.807) is 12.5 Å². The number of rotatable bonds is 6. The number of ether oxygens (including phenoxy) is 1. The van der Waals surface area contributed by atoms with Gasteiger partial charge in [-0.25, -0.2) is 0 Å². The first kappa shape index (κ1) is 11.6. The Labute approximate surface area is 101 Å². The second-order valence-corrected chi connectivity index (χ2v) is 3.83. The molecule has 0 spiro atoms. The van der Waals surface area contributed by atoms with Crippen molar-refractivity contribution in [2.24, 2.45) is 0 Å². The minimum Gasteiger partial charge on any atom is -0.491 e. The van der Waals surface area contributed by atoms with Gasteiger partial charge in [0, 0.05) is 12.1 Å². The van der Waals surface area contributed by atoms with Gasteiger partial charge in [-0.1, -0.05) is 19.1 Å². The number of nitrogens with one attached hydrogen (secondary N) is 1. The van der Waals surface area contributed by atoms with Crippen molar-refractivity contribution >= 4 is 5.69 Å². The highest BCUT2D eigenvalue weighted by molar-refractivity contribution is 5.56. The molecule has 17 heavy (non-hydrogen) atoms. The first-order valence-electron chi connectivity index (χ1n) is 5.87. The average Bonchev–Trinajstić information content (AvgIpc) is 2.88. The van der Waals surface area contributed by atoms with Gasteiger partial charge < -0.3 is 14.5 Å². The van der Waals surface area contributed by atoms with Crippen molar-refractivity contribution in [3.05, 3.63) is 48.4 Å². The monoisotopic (exact) mass is 231 g/mol. The Balaban J connectivity index is 1.99. The summed E-state index contributed by atoms with van der Waals surface area (Å²) in [5.74, 6) is 0.901. The van der Waals surface area contributed by atoms with Crippen molar-refractivity contribution in [2.75, 3.05) is 11.9 Å². The molecule has 0 aliphatic rings. The molecular weight excluding hydrogens is 214 g/mol. The number of benzene rings is 1. The molecule has 90 valence electrons. The van der Waals surface area contributed by atoms with Crippen LogP contribution in [0.2, 0.25) is 0 Å². The van der Waals surface area contributed by atoms with Gasteiger partial charge in [-0.05, 0) is 24.6 Å². The molecule has 0 saturated heterocycles. The van der Waals surface area contributed by atoms with E-state index in [1.807, 2.05) is 30.3 Å². The van der Waals surface area contributed by atoms with E-state index >= 15 is 0 Å². The maximum absolute atomic E-state index is 5.67. The van der Waals surface area contributed by atoms with Crippen molar-refractivity contribution < 1.29 is 9.15 Å². The fourth-order valence-electron chi connectivity index (χ4n) is 1.54. The Bertz CT molecular complexity index is 437. The second-order valence-electron chi connectivity index (χ2n) is 3.83. The molecule has 0 radical (unpaired) electrons. The Hall–Kier alpha value is -1.90. The summed E-state index contributed by atoms with van der Waals surface area (Å²) in [7, 11) is 0. The molecule has 0 saturated carbocycles. The van der Waals surface area contributed by atoms with Gasteiger partial charge in [0.15, 0.2) is 0 Å². The molecule has 2 aromatic rings. The number of para-hydroxylation sites is 2. The quantitative estimate of drug-likeness (QED) is 0.823. The molecule has 0 atom stereocenters. The van der Waals surface area contributed by atoms with Gasteiger partial charge in [-0.15, -0.1) is 0 Å². The summed E-state index contributed by atoms with van der Waals surface area (Å²) in [6.45, 7) is 3.58. The number of furan rings is 1. The minimum atomic E-state index is 0.739. The van der Waals surface area contributed by atoms with Crippen LogP contribution in [0.15, 0.2) is 47.3 Å². The summed E-state index contributed by atoms with van der Waals surface area (Å²) in [4.78, 5) is 0.